The quantitative estimate of drug-likeness (QED) is 0.626. The van der Waals surface area contributed by atoms with Crippen molar-refractivity contribution in [3.05, 3.63) is 53.6 Å². The fourth-order valence-corrected chi connectivity index (χ4v) is 4.15. The van der Waals surface area contributed by atoms with Gasteiger partial charge in [-0.3, -0.25) is 9.58 Å². The Labute approximate surface area is 178 Å². The largest absolute Gasteiger partial charge is 0.497 e. The van der Waals surface area contributed by atoms with Crippen molar-refractivity contribution in [3.8, 4) is 16.9 Å². The zero-order chi connectivity index (χ0) is 21.3. The van der Waals surface area contributed by atoms with Crippen LogP contribution < -0.4 is 9.64 Å². The average molecular weight is 407 g/mol. The zero-order valence-electron chi connectivity index (χ0n) is 18.5. The number of anilines is 1. The third-order valence-electron chi connectivity index (χ3n) is 5.77. The monoisotopic (exact) mass is 406 g/mol. The van der Waals surface area contributed by atoms with Crippen LogP contribution in [0.15, 0.2) is 36.7 Å². The molecule has 0 saturated carbocycles. The molecule has 1 saturated heterocycles. The molecule has 1 aromatic carbocycles. The Morgan fingerprint density at radius 1 is 1.20 bits per heavy atom. The van der Waals surface area contributed by atoms with Gasteiger partial charge in [-0.1, -0.05) is 12.1 Å². The molecule has 0 N–H and O–H groups in total. The number of likely N-dealkylation sites (tertiary alicyclic amines) is 1. The van der Waals surface area contributed by atoms with E-state index in [4.69, 9.17) is 9.72 Å². The number of ether oxygens (including phenoxy) is 1. The lowest BCUT2D eigenvalue weighted by atomic mass is 9.96. The van der Waals surface area contributed by atoms with E-state index in [1.807, 2.05) is 49.1 Å². The SMILES string of the molecule is COc1ccc(-c2cnc(N(C)C)nc2[C@H]2CCN(Cc3cn(C)nc3C)C2)cc1. The molecule has 1 aliphatic heterocycles. The molecule has 0 radical (unpaired) electrons. The van der Waals surface area contributed by atoms with Crippen molar-refractivity contribution < 1.29 is 4.74 Å². The summed E-state index contributed by atoms with van der Waals surface area (Å²) in [5.41, 5.74) is 5.76. The maximum Gasteiger partial charge on any atom is 0.225 e. The third kappa shape index (κ3) is 4.16. The van der Waals surface area contributed by atoms with E-state index in [9.17, 15) is 0 Å². The van der Waals surface area contributed by atoms with Gasteiger partial charge in [0.25, 0.3) is 0 Å². The second-order valence-electron chi connectivity index (χ2n) is 8.23. The first kappa shape index (κ1) is 20.3. The lowest BCUT2D eigenvalue weighted by Crippen LogP contribution is -2.21. The molecule has 2 aromatic heterocycles. The number of aryl methyl sites for hydroxylation is 2. The van der Waals surface area contributed by atoms with Crippen molar-refractivity contribution in [2.45, 2.75) is 25.8 Å². The number of hydrogen-bond donors (Lipinski definition) is 0. The Hall–Kier alpha value is -2.93. The van der Waals surface area contributed by atoms with Crippen LogP contribution in [-0.2, 0) is 13.6 Å². The summed E-state index contributed by atoms with van der Waals surface area (Å²) < 4.78 is 7.21. The van der Waals surface area contributed by atoms with Crippen molar-refractivity contribution in [1.82, 2.24) is 24.6 Å². The average Bonchev–Trinajstić information content (AvgIpc) is 3.33. The number of nitrogens with zero attached hydrogens (tertiary/aromatic N) is 6. The number of methoxy groups -OCH3 is 1. The molecule has 0 spiro atoms. The molecule has 7 nitrogen and oxygen atoms in total. The number of aromatic nitrogens is 4. The molecule has 0 aliphatic carbocycles. The van der Waals surface area contributed by atoms with E-state index in [1.165, 1.54) is 5.56 Å². The topological polar surface area (TPSA) is 59.3 Å². The molecule has 3 heterocycles. The molecule has 30 heavy (non-hydrogen) atoms. The van der Waals surface area contributed by atoms with Gasteiger partial charge in [-0.15, -0.1) is 0 Å². The second-order valence-corrected chi connectivity index (χ2v) is 8.23. The standard InChI is InChI=1S/C23H30N6O/c1-16-19(13-28(4)26-16)15-29-11-10-18(14-29)22-21(12-24-23(25-22)27(2)3)17-6-8-20(30-5)9-7-17/h6-9,12-13,18H,10-11,14-15H2,1-5H3/t18-/m0/s1. The lowest BCUT2D eigenvalue weighted by Gasteiger charge is -2.19. The van der Waals surface area contributed by atoms with Crippen LogP contribution in [-0.4, -0.2) is 58.9 Å². The molecule has 0 unspecified atom stereocenters. The van der Waals surface area contributed by atoms with E-state index < -0.39 is 0 Å². The maximum absolute atomic E-state index is 5.32. The molecule has 7 heteroatoms. The van der Waals surface area contributed by atoms with Crippen molar-refractivity contribution in [3.63, 3.8) is 0 Å². The normalized spacial score (nSPS) is 16.8. The fraction of sp³-hybridized carbons (Fsp3) is 0.435. The highest BCUT2D eigenvalue weighted by molar-refractivity contribution is 5.67. The van der Waals surface area contributed by atoms with Gasteiger partial charge in [-0.2, -0.15) is 5.10 Å². The zero-order valence-corrected chi connectivity index (χ0v) is 18.5. The van der Waals surface area contributed by atoms with Crippen LogP contribution >= 0.6 is 0 Å². The van der Waals surface area contributed by atoms with Gasteiger partial charge in [0.05, 0.1) is 18.5 Å². The van der Waals surface area contributed by atoms with Crippen LogP contribution in [0.4, 0.5) is 5.95 Å². The first-order chi connectivity index (χ1) is 14.4. The third-order valence-corrected chi connectivity index (χ3v) is 5.77. The van der Waals surface area contributed by atoms with E-state index in [-0.39, 0.29) is 0 Å². The minimum atomic E-state index is 0.376. The molecule has 158 valence electrons. The first-order valence-corrected chi connectivity index (χ1v) is 10.3. The van der Waals surface area contributed by atoms with E-state index in [0.717, 1.165) is 60.3 Å². The summed E-state index contributed by atoms with van der Waals surface area (Å²) in [5, 5.41) is 4.48. The highest BCUT2D eigenvalue weighted by atomic mass is 16.5. The summed E-state index contributed by atoms with van der Waals surface area (Å²) in [6.07, 6.45) is 5.18. The summed E-state index contributed by atoms with van der Waals surface area (Å²) in [7, 11) is 7.64. The van der Waals surface area contributed by atoms with Gasteiger partial charge < -0.3 is 9.64 Å². The van der Waals surface area contributed by atoms with Crippen LogP contribution in [0.25, 0.3) is 11.1 Å². The summed E-state index contributed by atoms with van der Waals surface area (Å²) >= 11 is 0. The van der Waals surface area contributed by atoms with E-state index in [2.05, 4.69) is 40.2 Å². The minimum absolute atomic E-state index is 0.376. The van der Waals surface area contributed by atoms with Crippen molar-refractivity contribution in [2.75, 3.05) is 39.2 Å². The number of hydrogen-bond acceptors (Lipinski definition) is 6. The van der Waals surface area contributed by atoms with E-state index in [1.54, 1.807) is 7.11 Å². The Kier molecular flexibility index (Phi) is 5.72. The molecular formula is C23H30N6O. The summed E-state index contributed by atoms with van der Waals surface area (Å²) in [6.45, 7) is 5.06. The molecule has 1 aliphatic rings. The highest BCUT2D eigenvalue weighted by Crippen LogP contribution is 2.35. The van der Waals surface area contributed by atoms with E-state index in [0.29, 0.717) is 5.92 Å². The highest BCUT2D eigenvalue weighted by Gasteiger charge is 2.28. The molecule has 4 rings (SSSR count). The summed E-state index contributed by atoms with van der Waals surface area (Å²) in [4.78, 5) is 14.0. The van der Waals surface area contributed by atoms with Crippen LogP contribution in [0, 0.1) is 6.92 Å². The number of rotatable bonds is 6. The number of benzene rings is 1. The van der Waals surface area contributed by atoms with Crippen molar-refractivity contribution in [1.29, 1.82) is 0 Å². The van der Waals surface area contributed by atoms with Crippen LogP contribution in [0.1, 0.15) is 29.3 Å². The maximum atomic E-state index is 5.32. The molecule has 1 atom stereocenters. The van der Waals surface area contributed by atoms with Gasteiger partial charge >= 0.3 is 0 Å². The Morgan fingerprint density at radius 3 is 2.60 bits per heavy atom. The smallest absolute Gasteiger partial charge is 0.225 e. The Morgan fingerprint density at radius 2 is 1.97 bits per heavy atom. The van der Waals surface area contributed by atoms with Gasteiger partial charge in [0, 0.05) is 63.7 Å². The fourth-order valence-electron chi connectivity index (χ4n) is 4.15. The predicted octanol–water partition coefficient (Wildman–Crippen LogP) is 3.25. The molecule has 0 amide bonds. The predicted molar refractivity (Wildman–Crippen MR) is 119 cm³/mol. The van der Waals surface area contributed by atoms with Crippen LogP contribution in [0.2, 0.25) is 0 Å². The Balaban J connectivity index is 1.61. The van der Waals surface area contributed by atoms with Gasteiger partial charge in [0.1, 0.15) is 5.75 Å². The molecular weight excluding hydrogens is 376 g/mol. The van der Waals surface area contributed by atoms with Crippen LogP contribution in [0.3, 0.4) is 0 Å². The van der Waals surface area contributed by atoms with E-state index >= 15 is 0 Å². The molecule has 0 bridgehead atoms. The first-order valence-electron chi connectivity index (χ1n) is 10.3. The van der Waals surface area contributed by atoms with Gasteiger partial charge in [0.15, 0.2) is 0 Å². The summed E-state index contributed by atoms with van der Waals surface area (Å²) in [6, 6.07) is 8.15. The van der Waals surface area contributed by atoms with Crippen LogP contribution in [0.5, 0.6) is 5.75 Å². The second kappa shape index (κ2) is 8.44. The lowest BCUT2D eigenvalue weighted by molar-refractivity contribution is 0.325. The van der Waals surface area contributed by atoms with Crippen molar-refractivity contribution in [2.24, 2.45) is 7.05 Å². The van der Waals surface area contributed by atoms with Crippen molar-refractivity contribution >= 4 is 5.95 Å². The molecule has 3 aromatic rings. The molecule has 1 fully saturated rings. The summed E-state index contributed by atoms with van der Waals surface area (Å²) in [5.74, 6) is 1.98. The van der Waals surface area contributed by atoms with Gasteiger partial charge in [-0.25, -0.2) is 9.97 Å². The van der Waals surface area contributed by atoms with Gasteiger partial charge in [-0.05, 0) is 37.6 Å². The Bertz CT molecular complexity index is 1010. The minimum Gasteiger partial charge on any atom is -0.497 e. The van der Waals surface area contributed by atoms with Gasteiger partial charge in [0.2, 0.25) is 5.95 Å².